The van der Waals surface area contributed by atoms with Crippen molar-refractivity contribution >= 4 is 54.2 Å². The summed E-state index contributed by atoms with van der Waals surface area (Å²) in [6.45, 7) is 0.543. The Hall–Kier alpha value is -2.59. The van der Waals surface area contributed by atoms with Gasteiger partial charge in [0.25, 0.3) is 0 Å². The summed E-state index contributed by atoms with van der Waals surface area (Å²) in [5, 5.41) is 12.1. The summed E-state index contributed by atoms with van der Waals surface area (Å²) in [6.07, 6.45) is 0. The van der Waals surface area contributed by atoms with Crippen molar-refractivity contribution in [1.29, 1.82) is 0 Å². The third-order valence-electron chi connectivity index (χ3n) is 3.53. The highest BCUT2D eigenvalue weighted by atomic mass is 35.5. The van der Waals surface area contributed by atoms with E-state index >= 15 is 0 Å². The first-order valence-corrected chi connectivity index (χ1v) is 13.2. The van der Waals surface area contributed by atoms with Crippen molar-refractivity contribution < 1.29 is 26.4 Å². The van der Waals surface area contributed by atoms with Crippen LogP contribution in [0.25, 0.3) is 0 Å². The summed E-state index contributed by atoms with van der Waals surface area (Å²) in [4.78, 5) is 24.9. The zero-order chi connectivity index (χ0) is 27.4. The Morgan fingerprint density at radius 3 is 1.61 bits per heavy atom. The van der Waals surface area contributed by atoms with Crippen LogP contribution in [-0.2, 0) is 29.6 Å². The number of likely N-dealkylation sites (N-methyl/N-ethyl adjacent to an activating group) is 2. The van der Waals surface area contributed by atoms with Crippen LogP contribution in [-0.4, -0.2) is 79.1 Å². The maximum atomic E-state index is 11.5. The summed E-state index contributed by atoms with van der Waals surface area (Å²) in [7, 11) is -0.239. The number of rotatable bonds is 7. The van der Waals surface area contributed by atoms with Gasteiger partial charge in [-0.1, -0.05) is 19.6 Å². The number of sulfonamides is 2. The van der Waals surface area contributed by atoms with E-state index in [0.29, 0.717) is 17.9 Å². The molecule has 7 N–H and O–H groups in total. The molecular formula is C21H35ClN6O6S2. The van der Waals surface area contributed by atoms with Crippen molar-refractivity contribution in [1.82, 2.24) is 9.80 Å². The predicted octanol–water partition coefficient (Wildman–Crippen LogP) is 0.700. The number of anilines is 2. The van der Waals surface area contributed by atoms with Crippen molar-refractivity contribution in [3.05, 3.63) is 48.5 Å². The number of halogens is 1. The number of nitrogens with two attached hydrogens (primary N) is 3. The smallest absolute Gasteiger partial charge is 0.238 e. The number of carbonyl (C=O) groups excluding carboxylic acids is 2. The van der Waals surface area contributed by atoms with E-state index in [1.54, 1.807) is 50.1 Å². The summed E-state index contributed by atoms with van der Waals surface area (Å²) in [6, 6.07) is 11.7. The Labute approximate surface area is 218 Å². The second-order valence-corrected chi connectivity index (χ2v) is 11.1. The number of carbonyl (C=O) groups is 2. The lowest BCUT2D eigenvalue weighted by Gasteiger charge is -2.10. The fourth-order valence-electron chi connectivity index (χ4n) is 2.18. The third kappa shape index (κ3) is 16.9. The van der Waals surface area contributed by atoms with Crippen LogP contribution in [0.15, 0.2) is 58.3 Å². The molecule has 0 bridgehead atoms. The Bertz CT molecular complexity index is 1200. The van der Waals surface area contributed by atoms with Crippen LogP contribution in [0.5, 0.6) is 0 Å². The fraction of sp³-hybridized carbons (Fsp3) is 0.333. The molecule has 36 heavy (non-hydrogen) atoms. The molecule has 2 aromatic rings. The molecule has 0 radical (unpaired) electrons. The number of nitrogens with one attached hydrogen (secondary N) is 1. The van der Waals surface area contributed by atoms with Gasteiger partial charge in [-0.2, -0.15) is 0 Å². The van der Waals surface area contributed by atoms with Gasteiger partial charge in [0, 0.05) is 11.4 Å². The molecule has 0 aliphatic heterocycles. The first-order chi connectivity index (χ1) is 15.9. The highest BCUT2D eigenvalue weighted by Crippen LogP contribution is 2.14. The van der Waals surface area contributed by atoms with Gasteiger partial charge in [0.15, 0.2) is 0 Å². The average molecular weight is 567 g/mol. The fourth-order valence-corrected chi connectivity index (χ4v) is 3.55. The molecule has 0 spiro atoms. The van der Waals surface area contributed by atoms with Crippen molar-refractivity contribution in [2.75, 3.05) is 52.3 Å². The van der Waals surface area contributed by atoms with Gasteiger partial charge in [-0.05, 0) is 76.2 Å². The maximum absolute atomic E-state index is 11.5. The Kier molecular flexibility index (Phi) is 16.0. The van der Waals surface area contributed by atoms with Crippen LogP contribution in [0, 0.1) is 0 Å². The number of nitrogens with zero attached hydrogens (tertiary/aromatic N) is 2. The van der Waals surface area contributed by atoms with E-state index in [0.717, 1.165) is 0 Å². The monoisotopic (exact) mass is 566 g/mol. The number of nitrogen functional groups attached to an aromatic ring is 1. The molecule has 0 heterocycles. The second kappa shape index (κ2) is 16.2. The number of primary sulfonamides is 2. The topological polar surface area (TPSA) is 199 Å². The molecule has 0 aliphatic rings. The van der Waals surface area contributed by atoms with Crippen LogP contribution in [0.1, 0.15) is 7.43 Å². The molecule has 0 saturated carbocycles. The molecule has 0 saturated heterocycles. The molecule has 1 amide bonds. The summed E-state index contributed by atoms with van der Waals surface area (Å²) < 4.78 is 43.6. The quantitative estimate of drug-likeness (QED) is 0.275. The minimum absolute atomic E-state index is 0. The molecule has 12 nitrogen and oxygen atoms in total. The van der Waals surface area contributed by atoms with Crippen molar-refractivity contribution in [3.63, 3.8) is 0 Å². The second-order valence-electron chi connectivity index (χ2n) is 7.57. The Morgan fingerprint density at radius 1 is 0.833 bits per heavy atom. The zero-order valence-corrected chi connectivity index (χ0v) is 22.2. The highest BCUT2D eigenvalue weighted by Gasteiger charge is 2.09. The lowest BCUT2D eigenvalue weighted by atomic mass is 10.3. The van der Waals surface area contributed by atoms with Crippen LogP contribution >= 0.6 is 11.6 Å². The van der Waals surface area contributed by atoms with E-state index in [1.165, 1.54) is 36.4 Å². The molecule has 0 aromatic heterocycles. The van der Waals surface area contributed by atoms with Crippen LogP contribution in [0.2, 0.25) is 0 Å². The van der Waals surface area contributed by atoms with Crippen molar-refractivity contribution in [3.8, 4) is 0 Å². The molecule has 0 aliphatic carbocycles. The molecule has 2 aromatic carbocycles. The summed E-state index contributed by atoms with van der Waals surface area (Å²) in [5.41, 5.74) is 6.13. The van der Waals surface area contributed by atoms with Crippen LogP contribution in [0.4, 0.5) is 11.4 Å². The number of hydrogen-bond donors (Lipinski definition) is 4. The first-order valence-electron chi connectivity index (χ1n) is 9.70. The molecule has 2 rings (SSSR count). The lowest BCUT2D eigenvalue weighted by Crippen LogP contribution is -2.27. The van der Waals surface area contributed by atoms with E-state index < -0.39 is 20.0 Å². The van der Waals surface area contributed by atoms with Crippen molar-refractivity contribution in [2.45, 2.75) is 17.2 Å². The van der Waals surface area contributed by atoms with E-state index in [4.69, 9.17) is 27.6 Å². The molecule has 15 heteroatoms. The molecule has 0 atom stereocenters. The molecule has 204 valence electrons. The maximum Gasteiger partial charge on any atom is 0.238 e. The van der Waals surface area contributed by atoms with Gasteiger partial charge in [0.2, 0.25) is 31.2 Å². The van der Waals surface area contributed by atoms with Crippen LogP contribution < -0.4 is 21.3 Å². The van der Waals surface area contributed by atoms with E-state index in [9.17, 15) is 26.4 Å². The summed E-state index contributed by atoms with van der Waals surface area (Å²) >= 11 is 4.99. The SMILES string of the molecule is C.CN(C)CC(=O)Cl.CN(C)CC(=O)Nc1cccc(S(N)(=O)=O)c1.Nc1cccc(S(N)(=O)=O)c1. The zero-order valence-electron chi connectivity index (χ0n) is 19.8. The average Bonchev–Trinajstić information content (AvgIpc) is 2.66. The Balaban J connectivity index is 0. The van der Waals surface area contributed by atoms with Gasteiger partial charge in [-0.3, -0.25) is 9.59 Å². The first kappa shape index (κ1) is 35.6. The van der Waals surface area contributed by atoms with E-state index in [2.05, 4.69) is 5.32 Å². The van der Waals surface area contributed by atoms with Crippen molar-refractivity contribution in [2.24, 2.45) is 10.3 Å². The molecular weight excluding hydrogens is 532 g/mol. The normalized spacial score (nSPS) is 10.8. The third-order valence-corrected chi connectivity index (χ3v) is 5.47. The molecule has 0 fully saturated rings. The number of benzene rings is 2. The minimum atomic E-state index is -3.75. The largest absolute Gasteiger partial charge is 0.399 e. The highest BCUT2D eigenvalue weighted by molar-refractivity contribution is 7.89. The summed E-state index contributed by atoms with van der Waals surface area (Å²) in [5.74, 6) is -0.221. The van der Waals surface area contributed by atoms with Gasteiger partial charge < -0.3 is 20.9 Å². The molecule has 0 unspecified atom stereocenters. The Morgan fingerprint density at radius 2 is 1.28 bits per heavy atom. The number of hydrogen-bond acceptors (Lipinski definition) is 9. The lowest BCUT2D eigenvalue weighted by molar-refractivity contribution is -0.116. The van der Waals surface area contributed by atoms with Gasteiger partial charge in [0.05, 0.1) is 22.9 Å². The van der Waals surface area contributed by atoms with Gasteiger partial charge >= 0.3 is 0 Å². The standard InChI is InChI=1S/C10H15N3O3S.C6H8N2O2S.C4H8ClNO.CH4/c1-13(2)7-10(14)12-8-4-3-5-9(6-8)17(11,15)16;7-5-2-1-3-6(4-5)11(8,9)10;1-6(2)3-4(5)7;/h3-6H,7H2,1-2H3,(H,12,14)(H2,11,15,16);1-4H,7H2,(H2,8,9,10);3H2,1-2H3;1H4. The van der Waals surface area contributed by atoms with Gasteiger partial charge in [-0.15, -0.1) is 0 Å². The number of amides is 1. The van der Waals surface area contributed by atoms with E-state index in [1.807, 2.05) is 0 Å². The van der Waals surface area contributed by atoms with E-state index in [-0.39, 0.29) is 34.9 Å². The minimum Gasteiger partial charge on any atom is -0.399 e. The predicted molar refractivity (Wildman–Crippen MR) is 143 cm³/mol. The van der Waals surface area contributed by atoms with Crippen LogP contribution in [0.3, 0.4) is 0 Å². The van der Waals surface area contributed by atoms with Gasteiger partial charge in [0.1, 0.15) is 0 Å². The van der Waals surface area contributed by atoms with Gasteiger partial charge in [-0.25, -0.2) is 27.1 Å².